The van der Waals surface area contributed by atoms with Crippen LogP contribution in [0.1, 0.15) is 72.8 Å². The van der Waals surface area contributed by atoms with E-state index in [2.05, 4.69) is 20.6 Å². The Kier molecular flexibility index (Phi) is 8.71. The van der Waals surface area contributed by atoms with E-state index < -0.39 is 52.8 Å². The number of halogens is 5. The molecule has 2 amide bonds. The van der Waals surface area contributed by atoms with E-state index in [9.17, 15) is 36.6 Å². The number of hydrogen-bond donors (Lipinski definition) is 3. The minimum absolute atomic E-state index is 0.0523. The van der Waals surface area contributed by atoms with E-state index in [-0.39, 0.29) is 27.2 Å². The Morgan fingerprint density at radius 3 is 2.41 bits per heavy atom. The third-order valence-electron chi connectivity index (χ3n) is 7.06. The van der Waals surface area contributed by atoms with Crippen LogP contribution in [0.3, 0.4) is 0 Å². The van der Waals surface area contributed by atoms with E-state index in [0.717, 1.165) is 32.0 Å². The monoisotopic (exact) mass is 573 g/mol. The lowest BCUT2D eigenvalue weighted by Gasteiger charge is -2.38. The lowest BCUT2D eigenvalue weighted by molar-refractivity contribution is -0.138. The van der Waals surface area contributed by atoms with Gasteiger partial charge in [0.25, 0.3) is 18.2 Å². The van der Waals surface area contributed by atoms with Crippen LogP contribution in [-0.2, 0) is 0 Å². The molecule has 0 spiro atoms. The highest BCUT2D eigenvalue weighted by molar-refractivity contribution is 7.17. The van der Waals surface area contributed by atoms with Crippen LogP contribution in [0.15, 0.2) is 12.3 Å². The first-order chi connectivity index (χ1) is 17.8. The zero-order valence-corrected chi connectivity index (χ0v) is 23.2. The number of aliphatic hydroxyl groups is 1. The fraction of sp³-hybridized carbons (Fsp3) is 0.565. The number of hydrogen-bond acceptors (Lipinski definition) is 7. The Hall–Kier alpha value is -2.74. The van der Waals surface area contributed by atoms with Gasteiger partial charge in [0.05, 0.1) is 10.5 Å². The van der Waals surface area contributed by atoms with Crippen molar-refractivity contribution in [2.75, 3.05) is 11.9 Å². The number of carbonyl (C=O) groups excluding carboxylic acids is 2. The molecular formula is C23H30B2F5N5O3S. The predicted octanol–water partition coefficient (Wildman–Crippen LogP) is 2.55. The summed E-state index contributed by atoms with van der Waals surface area (Å²) in [5.74, 6) is -1.71. The van der Waals surface area contributed by atoms with Gasteiger partial charge in [0.2, 0.25) is 0 Å². The van der Waals surface area contributed by atoms with Gasteiger partial charge < -0.3 is 20.6 Å². The summed E-state index contributed by atoms with van der Waals surface area (Å²) in [5.41, 5.74) is -2.45. The number of nitrogens with one attached hydrogen (secondary N) is 2. The van der Waals surface area contributed by atoms with Crippen LogP contribution < -0.4 is 10.6 Å². The van der Waals surface area contributed by atoms with E-state index in [1.54, 1.807) is 15.7 Å². The number of nitrogens with zero attached hydrogens (tertiary/aromatic N) is 3. The zero-order chi connectivity index (χ0) is 29.5. The molecule has 3 heterocycles. The summed E-state index contributed by atoms with van der Waals surface area (Å²) in [6.07, 6.45) is -5.34. The SMILES string of the molecule is BC(B)(NC(=O)c1nc(C(=O)N2CCC[C@@H]2C)c(-c2cnc(N[C@@H](C)C(F)(F)F)cc2C(F)F)s1)C(C)(C)O. The van der Waals surface area contributed by atoms with Gasteiger partial charge in [-0.2, -0.15) is 13.2 Å². The maximum atomic E-state index is 14.2. The van der Waals surface area contributed by atoms with Crippen LogP contribution in [0.25, 0.3) is 10.4 Å². The first-order valence-electron chi connectivity index (χ1n) is 12.3. The molecule has 1 saturated heterocycles. The molecule has 3 N–H and O–H groups in total. The molecule has 2 aromatic heterocycles. The Morgan fingerprint density at radius 2 is 1.90 bits per heavy atom. The van der Waals surface area contributed by atoms with E-state index in [4.69, 9.17) is 0 Å². The maximum Gasteiger partial charge on any atom is 0.408 e. The van der Waals surface area contributed by atoms with Crippen molar-refractivity contribution in [2.45, 2.75) is 76.2 Å². The average Bonchev–Trinajstić information content (AvgIpc) is 3.43. The van der Waals surface area contributed by atoms with Crippen LogP contribution in [0.5, 0.6) is 0 Å². The third-order valence-corrected chi connectivity index (χ3v) is 8.15. The summed E-state index contributed by atoms with van der Waals surface area (Å²) in [6.45, 7) is 6.09. The summed E-state index contributed by atoms with van der Waals surface area (Å²) >= 11 is 0.690. The van der Waals surface area contributed by atoms with Gasteiger partial charge in [-0.25, -0.2) is 18.7 Å². The van der Waals surface area contributed by atoms with E-state index in [0.29, 0.717) is 17.9 Å². The lowest BCUT2D eigenvalue weighted by atomic mass is 9.54. The van der Waals surface area contributed by atoms with Crippen molar-refractivity contribution in [3.8, 4) is 10.4 Å². The minimum Gasteiger partial charge on any atom is -0.390 e. The van der Waals surface area contributed by atoms with Crippen molar-refractivity contribution in [3.63, 3.8) is 0 Å². The molecule has 0 saturated carbocycles. The summed E-state index contributed by atoms with van der Waals surface area (Å²) in [6, 6.07) is -1.39. The van der Waals surface area contributed by atoms with Gasteiger partial charge in [-0.15, -0.1) is 11.3 Å². The Morgan fingerprint density at radius 1 is 1.26 bits per heavy atom. The second-order valence-corrected chi connectivity index (χ2v) is 11.7. The fourth-order valence-electron chi connectivity index (χ4n) is 3.83. The molecule has 0 bridgehead atoms. The quantitative estimate of drug-likeness (QED) is 0.331. The molecule has 1 fully saturated rings. The van der Waals surface area contributed by atoms with Crippen molar-refractivity contribution < 1.29 is 36.6 Å². The van der Waals surface area contributed by atoms with Gasteiger partial charge in [0, 0.05) is 35.2 Å². The molecule has 8 nitrogen and oxygen atoms in total. The summed E-state index contributed by atoms with van der Waals surface area (Å²) in [7, 11) is 3.17. The highest BCUT2D eigenvalue weighted by Gasteiger charge is 2.39. The maximum absolute atomic E-state index is 14.2. The second kappa shape index (κ2) is 11.0. The summed E-state index contributed by atoms with van der Waals surface area (Å²) < 4.78 is 67.3. The number of anilines is 1. The van der Waals surface area contributed by atoms with Gasteiger partial charge in [-0.3, -0.25) is 9.59 Å². The molecule has 212 valence electrons. The molecule has 0 aromatic carbocycles. The van der Waals surface area contributed by atoms with Crippen LogP contribution in [0.2, 0.25) is 0 Å². The van der Waals surface area contributed by atoms with Crippen molar-refractivity contribution >= 4 is 44.7 Å². The van der Waals surface area contributed by atoms with Crippen LogP contribution in [0.4, 0.5) is 27.8 Å². The van der Waals surface area contributed by atoms with Gasteiger partial charge in [0.1, 0.15) is 33.2 Å². The van der Waals surface area contributed by atoms with Crippen molar-refractivity contribution in [1.29, 1.82) is 0 Å². The topological polar surface area (TPSA) is 107 Å². The van der Waals surface area contributed by atoms with Crippen LogP contribution >= 0.6 is 11.3 Å². The van der Waals surface area contributed by atoms with Gasteiger partial charge in [0.15, 0.2) is 5.01 Å². The van der Waals surface area contributed by atoms with Crippen molar-refractivity contribution in [1.82, 2.24) is 20.2 Å². The number of thiazole rings is 1. The number of alkyl halides is 5. The number of amides is 2. The Balaban J connectivity index is 2.11. The molecular weight excluding hydrogens is 543 g/mol. The summed E-state index contributed by atoms with van der Waals surface area (Å²) in [4.78, 5) is 36.2. The second-order valence-electron chi connectivity index (χ2n) is 10.7. The largest absolute Gasteiger partial charge is 0.408 e. The van der Waals surface area contributed by atoms with E-state index in [1.807, 2.05) is 6.92 Å². The Labute approximate surface area is 228 Å². The van der Waals surface area contributed by atoms with E-state index >= 15 is 0 Å². The van der Waals surface area contributed by atoms with Gasteiger partial charge in [-0.05, 0) is 46.6 Å². The normalized spacial score (nSPS) is 17.4. The standard InChI is InChI=1S/C23H30B2F5N5O3S/c1-10-6-5-7-35(10)20(37)15-16(39-19(33-15)18(36)34-23(24,25)21(3,4)38)13-9-31-14(8-12(13)17(26)27)32-11(2)22(28,29)30/h8-11,17,38H,5-7,24-25H2,1-4H3,(H,31,32)(H,34,36)/t10-,11-/m0/s1. The zero-order valence-electron chi connectivity index (χ0n) is 22.4. The van der Waals surface area contributed by atoms with Crippen molar-refractivity contribution in [3.05, 3.63) is 28.5 Å². The highest BCUT2D eigenvalue weighted by atomic mass is 32.1. The molecule has 39 heavy (non-hydrogen) atoms. The molecule has 3 rings (SSSR count). The first-order valence-corrected chi connectivity index (χ1v) is 13.1. The smallest absolute Gasteiger partial charge is 0.390 e. The predicted molar refractivity (Wildman–Crippen MR) is 143 cm³/mol. The molecule has 1 aliphatic heterocycles. The molecule has 1 aliphatic rings. The van der Waals surface area contributed by atoms with Gasteiger partial charge in [-0.1, -0.05) is 0 Å². The first kappa shape index (κ1) is 30.8. The lowest BCUT2D eigenvalue weighted by Crippen LogP contribution is -2.63. The number of aromatic nitrogens is 2. The molecule has 0 unspecified atom stereocenters. The molecule has 0 aliphatic carbocycles. The third kappa shape index (κ3) is 6.71. The Bertz CT molecular complexity index is 1240. The van der Waals surface area contributed by atoms with Crippen LogP contribution in [0, 0.1) is 0 Å². The van der Waals surface area contributed by atoms with Crippen molar-refractivity contribution in [2.24, 2.45) is 0 Å². The fourth-order valence-corrected chi connectivity index (χ4v) is 4.81. The molecule has 16 heteroatoms. The number of likely N-dealkylation sites (tertiary alicyclic amines) is 1. The van der Waals surface area contributed by atoms with Gasteiger partial charge >= 0.3 is 6.18 Å². The molecule has 0 radical (unpaired) electrons. The summed E-state index contributed by atoms with van der Waals surface area (Å²) in [5, 5.41) is 13.8. The number of carbonyl (C=O) groups is 2. The average molecular weight is 573 g/mol. The van der Waals surface area contributed by atoms with Crippen LogP contribution in [-0.4, -0.2) is 83.2 Å². The molecule has 2 atom stereocenters. The number of pyridine rings is 1. The molecule has 2 aromatic rings. The number of rotatable bonds is 8. The minimum atomic E-state index is -4.63. The highest BCUT2D eigenvalue weighted by Crippen LogP contribution is 2.39. The van der Waals surface area contributed by atoms with E-state index in [1.165, 1.54) is 18.7 Å².